The molecule has 21 heavy (non-hydrogen) atoms. The number of aromatic nitrogens is 2. The maximum absolute atomic E-state index is 12.9. The van der Waals surface area contributed by atoms with E-state index in [1.807, 2.05) is 6.92 Å². The monoisotopic (exact) mass is 287 g/mol. The molecule has 0 atom stereocenters. The lowest BCUT2D eigenvalue weighted by molar-refractivity contribution is 0.325. The Balaban J connectivity index is 1.72. The highest BCUT2D eigenvalue weighted by atomic mass is 19.1. The number of halogens is 1. The Labute approximate surface area is 123 Å². The summed E-state index contributed by atoms with van der Waals surface area (Å²) in [7, 11) is 0. The van der Waals surface area contributed by atoms with Gasteiger partial charge in [0.1, 0.15) is 17.5 Å². The molecule has 0 spiro atoms. The minimum absolute atomic E-state index is 0.226. The van der Waals surface area contributed by atoms with E-state index in [0.29, 0.717) is 24.9 Å². The van der Waals surface area contributed by atoms with Gasteiger partial charge in [-0.15, -0.1) is 0 Å². The normalized spacial score (nSPS) is 14.0. The van der Waals surface area contributed by atoms with Crippen LogP contribution >= 0.6 is 0 Å². The Kier molecular flexibility index (Phi) is 3.99. The van der Waals surface area contributed by atoms with Gasteiger partial charge in [0, 0.05) is 18.5 Å². The molecule has 1 aromatic carbocycles. The molecule has 1 heterocycles. The summed E-state index contributed by atoms with van der Waals surface area (Å²) in [6, 6.07) is 8.24. The molecule has 1 aromatic heterocycles. The van der Waals surface area contributed by atoms with Crippen molar-refractivity contribution in [1.29, 1.82) is 0 Å². The Morgan fingerprint density at radius 1 is 1.24 bits per heavy atom. The number of nitrogens with zero attached hydrogens (tertiary/aromatic N) is 2. The first-order valence-corrected chi connectivity index (χ1v) is 7.24. The third-order valence-corrected chi connectivity index (χ3v) is 3.34. The average Bonchev–Trinajstić information content (AvgIpc) is 3.31. The van der Waals surface area contributed by atoms with Gasteiger partial charge in [0.25, 0.3) is 0 Å². The molecule has 0 aliphatic heterocycles. The van der Waals surface area contributed by atoms with Gasteiger partial charge in [-0.05, 0) is 37.5 Å². The number of hydrogen-bond donors (Lipinski definition) is 1. The summed E-state index contributed by atoms with van der Waals surface area (Å²) in [4.78, 5) is 8.96. The van der Waals surface area contributed by atoms with Crippen LogP contribution in [-0.4, -0.2) is 16.6 Å². The average molecular weight is 287 g/mol. The molecule has 0 radical (unpaired) electrons. The smallest absolute Gasteiger partial charge is 0.218 e. The lowest BCUT2D eigenvalue weighted by atomic mass is 10.2. The molecular formula is C16H18FN3O. The number of rotatable bonds is 6. The van der Waals surface area contributed by atoms with E-state index in [2.05, 4.69) is 15.3 Å². The molecule has 1 aliphatic rings. The molecule has 5 heteroatoms. The van der Waals surface area contributed by atoms with E-state index in [1.54, 1.807) is 18.2 Å². The Morgan fingerprint density at radius 2 is 2.00 bits per heavy atom. The van der Waals surface area contributed by atoms with Gasteiger partial charge in [0.2, 0.25) is 5.88 Å². The first kappa shape index (κ1) is 13.8. The van der Waals surface area contributed by atoms with Crippen LogP contribution in [0.5, 0.6) is 5.88 Å². The fourth-order valence-electron chi connectivity index (χ4n) is 2.07. The molecule has 0 bridgehead atoms. The molecule has 1 aliphatic carbocycles. The quantitative estimate of drug-likeness (QED) is 0.883. The summed E-state index contributed by atoms with van der Waals surface area (Å²) >= 11 is 0. The van der Waals surface area contributed by atoms with E-state index < -0.39 is 0 Å². The second kappa shape index (κ2) is 6.08. The number of nitrogens with one attached hydrogen (secondary N) is 1. The summed E-state index contributed by atoms with van der Waals surface area (Å²) in [5.41, 5.74) is 1.00. The molecule has 110 valence electrons. The van der Waals surface area contributed by atoms with Crippen molar-refractivity contribution < 1.29 is 9.13 Å². The minimum atomic E-state index is -0.226. The summed E-state index contributed by atoms with van der Waals surface area (Å²) in [5.74, 6) is 2.45. The van der Waals surface area contributed by atoms with Gasteiger partial charge in [-0.25, -0.2) is 9.37 Å². The maximum Gasteiger partial charge on any atom is 0.218 e. The number of anilines is 1. The van der Waals surface area contributed by atoms with Crippen LogP contribution in [0, 0.1) is 5.82 Å². The van der Waals surface area contributed by atoms with Crippen molar-refractivity contribution in [2.45, 2.75) is 32.2 Å². The van der Waals surface area contributed by atoms with Crippen LogP contribution in [-0.2, 0) is 6.54 Å². The summed E-state index contributed by atoms with van der Waals surface area (Å²) < 4.78 is 18.4. The van der Waals surface area contributed by atoms with Crippen LogP contribution in [0.2, 0.25) is 0 Å². The van der Waals surface area contributed by atoms with Gasteiger partial charge < -0.3 is 10.1 Å². The van der Waals surface area contributed by atoms with E-state index in [1.165, 1.54) is 12.1 Å². The van der Waals surface area contributed by atoms with Crippen molar-refractivity contribution in [3.63, 3.8) is 0 Å². The maximum atomic E-state index is 12.9. The molecule has 2 aromatic rings. The van der Waals surface area contributed by atoms with Crippen molar-refractivity contribution in [2.75, 3.05) is 11.9 Å². The summed E-state index contributed by atoms with van der Waals surface area (Å²) in [6.07, 6.45) is 2.29. The van der Waals surface area contributed by atoms with Gasteiger partial charge in [-0.1, -0.05) is 12.1 Å². The lowest BCUT2D eigenvalue weighted by Gasteiger charge is -2.10. The largest absolute Gasteiger partial charge is 0.478 e. The van der Waals surface area contributed by atoms with Crippen molar-refractivity contribution >= 4 is 5.82 Å². The highest BCUT2D eigenvalue weighted by molar-refractivity contribution is 5.40. The molecule has 0 amide bonds. The second-order valence-corrected chi connectivity index (χ2v) is 5.14. The lowest BCUT2D eigenvalue weighted by Crippen LogP contribution is -2.06. The molecule has 1 N–H and O–H groups in total. The highest BCUT2D eigenvalue weighted by Crippen LogP contribution is 2.39. The zero-order valence-electron chi connectivity index (χ0n) is 12.0. The van der Waals surface area contributed by atoms with Crippen molar-refractivity contribution in [2.24, 2.45) is 0 Å². The summed E-state index contributed by atoms with van der Waals surface area (Å²) in [5, 5.41) is 3.25. The van der Waals surface area contributed by atoms with E-state index in [4.69, 9.17) is 4.74 Å². The van der Waals surface area contributed by atoms with Crippen LogP contribution in [0.1, 0.15) is 37.1 Å². The zero-order valence-corrected chi connectivity index (χ0v) is 12.0. The predicted molar refractivity (Wildman–Crippen MR) is 78.9 cm³/mol. The molecule has 4 nitrogen and oxygen atoms in total. The van der Waals surface area contributed by atoms with Crippen LogP contribution in [0.4, 0.5) is 10.2 Å². The van der Waals surface area contributed by atoms with Crippen molar-refractivity contribution in [3.8, 4) is 5.88 Å². The molecule has 3 rings (SSSR count). The topological polar surface area (TPSA) is 47.0 Å². The van der Waals surface area contributed by atoms with Crippen LogP contribution in [0.25, 0.3) is 0 Å². The first-order valence-electron chi connectivity index (χ1n) is 7.24. The van der Waals surface area contributed by atoms with Crippen LogP contribution in [0.3, 0.4) is 0 Å². The predicted octanol–water partition coefficient (Wildman–Crippen LogP) is 3.50. The van der Waals surface area contributed by atoms with E-state index >= 15 is 0 Å². The van der Waals surface area contributed by atoms with Gasteiger partial charge in [-0.2, -0.15) is 4.98 Å². The summed E-state index contributed by atoms with van der Waals surface area (Å²) in [6.45, 7) is 3.11. The zero-order chi connectivity index (χ0) is 14.7. The number of ether oxygens (including phenoxy) is 1. The van der Waals surface area contributed by atoms with Crippen molar-refractivity contribution in [1.82, 2.24) is 9.97 Å². The van der Waals surface area contributed by atoms with Gasteiger partial charge in [0.05, 0.1) is 6.61 Å². The Hall–Kier alpha value is -2.17. The fraction of sp³-hybridized carbons (Fsp3) is 0.375. The molecular weight excluding hydrogens is 269 g/mol. The van der Waals surface area contributed by atoms with E-state index in [9.17, 15) is 4.39 Å². The molecule has 1 fully saturated rings. The SMILES string of the molecule is CCOc1cc(NCc2ccc(F)cc2)nc(C2CC2)n1. The standard InChI is InChI=1S/C16H18FN3O/c1-2-21-15-9-14(19-16(20-15)12-5-6-12)18-10-11-3-7-13(17)8-4-11/h3-4,7-9,12H,2,5-6,10H2,1H3,(H,18,19,20). The van der Waals surface area contributed by atoms with Gasteiger partial charge >= 0.3 is 0 Å². The van der Waals surface area contributed by atoms with Gasteiger partial charge in [-0.3, -0.25) is 0 Å². The second-order valence-electron chi connectivity index (χ2n) is 5.14. The fourth-order valence-corrected chi connectivity index (χ4v) is 2.07. The van der Waals surface area contributed by atoms with Gasteiger partial charge in [0.15, 0.2) is 0 Å². The van der Waals surface area contributed by atoms with E-state index in [0.717, 1.165) is 30.0 Å². The molecule has 0 unspecified atom stereocenters. The first-order chi connectivity index (χ1) is 10.2. The highest BCUT2D eigenvalue weighted by Gasteiger charge is 2.27. The number of hydrogen-bond acceptors (Lipinski definition) is 4. The van der Waals surface area contributed by atoms with E-state index in [-0.39, 0.29) is 5.82 Å². The number of benzene rings is 1. The molecule has 1 saturated carbocycles. The van der Waals surface area contributed by atoms with Crippen molar-refractivity contribution in [3.05, 3.63) is 47.5 Å². The van der Waals surface area contributed by atoms with Crippen LogP contribution < -0.4 is 10.1 Å². The Morgan fingerprint density at radius 3 is 2.67 bits per heavy atom. The third-order valence-electron chi connectivity index (χ3n) is 3.34. The third kappa shape index (κ3) is 3.68. The Bertz CT molecular complexity index is 611. The minimum Gasteiger partial charge on any atom is -0.478 e. The molecule has 0 saturated heterocycles. The van der Waals surface area contributed by atoms with Crippen LogP contribution in [0.15, 0.2) is 30.3 Å².